The lowest BCUT2D eigenvalue weighted by atomic mass is 10.1. The molecule has 0 aliphatic carbocycles. The van der Waals surface area contributed by atoms with Crippen LogP contribution in [0.25, 0.3) is 0 Å². The molecule has 0 atom stereocenters. The predicted octanol–water partition coefficient (Wildman–Crippen LogP) is 6.30. The van der Waals surface area contributed by atoms with E-state index >= 15 is 0 Å². The first-order valence-corrected chi connectivity index (χ1v) is 11.7. The molecule has 0 unspecified atom stereocenters. The smallest absolute Gasteiger partial charge is 0.255 e. The van der Waals surface area contributed by atoms with Gasteiger partial charge in [-0.3, -0.25) is 9.48 Å². The molecule has 0 bridgehead atoms. The van der Waals surface area contributed by atoms with E-state index in [1.165, 1.54) is 0 Å². The van der Waals surface area contributed by atoms with E-state index < -0.39 is 0 Å². The molecule has 0 fully saturated rings. The number of halogens is 2. The van der Waals surface area contributed by atoms with Crippen molar-refractivity contribution in [2.75, 3.05) is 12.4 Å². The molecule has 0 saturated carbocycles. The highest BCUT2D eigenvalue weighted by molar-refractivity contribution is 9.10. The molecule has 33 heavy (non-hydrogen) atoms. The van der Waals surface area contributed by atoms with Gasteiger partial charge in [0.05, 0.1) is 28.8 Å². The zero-order valence-electron chi connectivity index (χ0n) is 17.8. The lowest BCUT2D eigenvalue weighted by molar-refractivity contribution is 0.102. The van der Waals surface area contributed by atoms with Crippen molar-refractivity contribution < 1.29 is 14.3 Å². The number of amides is 1. The fraction of sp³-hybridized carbons (Fsp3) is 0.120. The second kappa shape index (κ2) is 10.7. The number of para-hydroxylation sites is 1. The van der Waals surface area contributed by atoms with Crippen molar-refractivity contribution in [2.24, 2.45) is 0 Å². The van der Waals surface area contributed by atoms with E-state index in [-0.39, 0.29) is 12.5 Å². The summed E-state index contributed by atoms with van der Waals surface area (Å²) >= 11 is 6.87. The molecule has 1 amide bonds. The van der Waals surface area contributed by atoms with Crippen molar-refractivity contribution in [3.8, 4) is 11.5 Å². The molecule has 8 heteroatoms. The van der Waals surface area contributed by atoms with E-state index in [9.17, 15) is 4.79 Å². The molecule has 168 valence electrons. The Labute approximate surface area is 208 Å². The van der Waals surface area contributed by atoms with Gasteiger partial charge in [0.15, 0.2) is 0 Å². The van der Waals surface area contributed by atoms with Crippen molar-refractivity contribution in [1.82, 2.24) is 9.78 Å². The van der Waals surface area contributed by atoms with Crippen LogP contribution >= 0.6 is 31.9 Å². The van der Waals surface area contributed by atoms with E-state index in [1.807, 2.05) is 59.4 Å². The Kier molecular flexibility index (Phi) is 7.47. The number of aromatic nitrogens is 2. The topological polar surface area (TPSA) is 65.4 Å². The molecule has 3 aromatic carbocycles. The third-order valence-electron chi connectivity index (χ3n) is 4.92. The average Bonchev–Trinajstić information content (AvgIpc) is 3.24. The van der Waals surface area contributed by atoms with Gasteiger partial charge in [-0.2, -0.15) is 5.10 Å². The van der Waals surface area contributed by atoms with Gasteiger partial charge in [0.25, 0.3) is 5.91 Å². The standard InChI is InChI=1S/C25H21Br2N3O3/c1-32-23-11-8-18(12-19(23)16-33-24-5-3-2-4-22(24)27)25(31)29-21-9-6-17(7-10-21)14-30-15-20(26)13-28-30/h2-13,15H,14,16H2,1H3,(H,29,31). The summed E-state index contributed by atoms with van der Waals surface area (Å²) in [6, 6.07) is 20.6. The maximum absolute atomic E-state index is 12.9. The number of ether oxygens (including phenoxy) is 2. The Morgan fingerprint density at radius 3 is 2.52 bits per heavy atom. The van der Waals surface area contributed by atoms with Gasteiger partial charge in [0.1, 0.15) is 18.1 Å². The van der Waals surface area contributed by atoms with Gasteiger partial charge in [-0.1, -0.05) is 24.3 Å². The monoisotopic (exact) mass is 569 g/mol. The minimum Gasteiger partial charge on any atom is -0.496 e. The van der Waals surface area contributed by atoms with Crippen LogP contribution < -0.4 is 14.8 Å². The molecule has 1 heterocycles. The van der Waals surface area contributed by atoms with Crippen LogP contribution in [-0.4, -0.2) is 22.8 Å². The van der Waals surface area contributed by atoms with E-state index in [0.29, 0.717) is 23.5 Å². The molecule has 1 N–H and O–H groups in total. The molecule has 0 radical (unpaired) electrons. The zero-order valence-corrected chi connectivity index (χ0v) is 21.0. The summed E-state index contributed by atoms with van der Waals surface area (Å²) in [7, 11) is 1.60. The highest BCUT2D eigenvalue weighted by Gasteiger charge is 2.12. The summed E-state index contributed by atoms with van der Waals surface area (Å²) in [5, 5.41) is 7.20. The first-order chi connectivity index (χ1) is 16.0. The fourth-order valence-electron chi connectivity index (χ4n) is 3.26. The van der Waals surface area contributed by atoms with E-state index in [2.05, 4.69) is 42.3 Å². The molecular formula is C25H21Br2N3O3. The van der Waals surface area contributed by atoms with E-state index in [4.69, 9.17) is 9.47 Å². The summed E-state index contributed by atoms with van der Waals surface area (Å²) in [6.07, 6.45) is 3.67. The summed E-state index contributed by atoms with van der Waals surface area (Å²) in [6.45, 7) is 0.921. The predicted molar refractivity (Wildman–Crippen MR) is 135 cm³/mol. The van der Waals surface area contributed by atoms with Crippen molar-refractivity contribution >= 4 is 43.5 Å². The van der Waals surface area contributed by atoms with Gasteiger partial charge in [-0.15, -0.1) is 0 Å². The van der Waals surface area contributed by atoms with Crippen molar-refractivity contribution in [3.05, 3.63) is 105 Å². The molecule has 1 aromatic heterocycles. The van der Waals surface area contributed by atoms with Crippen LogP contribution in [0, 0.1) is 0 Å². The first-order valence-electron chi connectivity index (χ1n) is 10.1. The molecule has 4 aromatic rings. The third kappa shape index (κ3) is 6.03. The van der Waals surface area contributed by atoms with Crippen molar-refractivity contribution in [2.45, 2.75) is 13.2 Å². The number of carbonyl (C=O) groups excluding carboxylic acids is 1. The number of nitrogens with one attached hydrogen (secondary N) is 1. The van der Waals surface area contributed by atoms with Crippen LogP contribution in [-0.2, 0) is 13.2 Å². The van der Waals surface area contributed by atoms with E-state index in [0.717, 1.165) is 25.8 Å². The summed E-state index contributed by atoms with van der Waals surface area (Å²) in [4.78, 5) is 12.9. The maximum atomic E-state index is 12.9. The van der Waals surface area contributed by atoms with Crippen LogP contribution in [0.15, 0.2) is 88.1 Å². The lowest BCUT2D eigenvalue weighted by Gasteiger charge is -2.13. The van der Waals surface area contributed by atoms with Gasteiger partial charge in [0, 0.05) is 23.0 Å². The first kappa shape index (κ1) is 23.1. The SMILES string of the molecule is COc1ccc(C(=O)Nc2ccc(Cn3cc(Br)cn3)cc2)cc1COc1ccccc1Br. The van der Waals surface area contributed by atoms with Crippen molar-refractivity contribution in [1.29, 1.82) is 0 Å². The highest BCUT2D eigenvalue weighted by Crippen LogP contribution is 2.27. The number of carbonyl (C=O) groups is 1. The number of nitrogens with zero attached hydrogens (tertiary/aromatic N) is 2. The largest absolute Gasteiger partial charge is 0.496 e. The second-order valence-electron chi connectivity index (χ2n) is 7.25. The Balaban J connectivity index is 1.43. The number of anilines is 1. The normalized spacial score (nSPS) is 10.6. The maximum Gasteiger partial charge on any atom is 0.255 e. The zero-order chi connectivity index (χ0) is 23.2. The van der Waals surface area contributed by atoms with Gasteiger partial charge in [-0.25, -0.2) is 0 Å². The van der Waals surface area contributed by atoms with Crippen LogP contribution in [0.3, 0.4) is 0 Å². The molecule has 6 nitrogen and oxygen atoms in total. The Morgan fingerprint density at radius 1 is 1.03 bits per heavy atom. The molecular weight excluding hydrogens is 550 g/mol. The molecule has 0 aliphatic heterocycles. The highest BCUT2D eigenvalue weighted by atomic mass is 79.9. The number of methoxy groups -OCH3 is 1. The molecule has 0 aliphatic rings. The van der Waals surface area contributed by atoms with Gasteiger partial charge in [-0.05, 0) is 79.9 Å². The number of hydrogen-bond donors (Lipinski definition) is 1. The third-order valence-corrected chi connectivity index (χ3v) is 5.99. The summed E-state index contributed by atoms with van der Waals surface area (Å²) < 4.78 is 15.0. The Morgan fingerprint density at radius 2 is 1.82 bits per heavy atom. The quantitative estimate of drug-likeness (QED) is 0.270. The lowest BCUT2D eigenvalue weighted by Crippen LogP contribution is -2.13. The summed E-state index contributed by atoms with van der Waals surface area (Å²) in [5.41, 5.74) is 3.10. The second-order valence-corrected chi connectivity index (χ2v) is 9.02. The van der Waals surface area contributed by atoms with Crippen molar-refractivity contribution in [3.63, 3.8) is 0 Å². The fourth-order valence-corrected chi connectivity index (χ4v) is 3.99. The Hall–Kier alpha value is -3.10. The Bertz CT molecular complexity index is 1260. The van der Waals surface area contributed by atoms with E-state index in [1.54, 1.807) is 31.5 Å². The van der Waals surface area contributed by atoms with Gasteiger partial charge < -0.3 is 14.8 Å². The minimum absolute atomic E-state index is 0.205. The van der Waals surface area contributed by atoms with Crippen LogP contribution in [0.1, 0.15) is 21.5 Å². The van der Waals surface area contributed by atoms with Crippen LogP contribution in [0.5, 0.6) is 11.5 Å². The number of rotatable bonds is 8. The molecule has 0 spiro atoms. The van der Waals surface area contributed by atoms with Crippen LogP contribution in [0.4, 0.5) is 5.69 Å². The van der Waals surface area contributed by atoms with Gasteiger partial charge >= 0.3 is 0 Å². The van der Waals surface area contributed by atoms with Crippen LogP contribution in [0.2, 0.25) is 0 Å². The average molecular weight is 571 g/mol. The number of benzene rings is 3. The minimum atomic E-state index is -0.205. The summed E-state index contributed by atoms with van der Waals surface area (Å²) in [5.74, 6) is 1.17. The molecule has 4 rings (SSSR count). The molecule has 0 saturated heterocycles. The van der Waals surface area contributed by atoms with Gasteiger partial charge in [0.2, 0.25) is 0 Å². The number of hydrogen-bond acceptors (Lipinski definition) is 4.